The summed E-state index contributed by atoms with van der Waals surface area (Å²) in [6.45, 7) is 3.73. The minimum atomic E-state index is -4.59. The Morgan fingerprint density at radius 2 is 1.61 bits per heavy atom. The summed E-state index contributed by atoms with van der Waals surface area (Å²) in [4.78, 5) is 31.0. The fraction of sp³-hybridized carbons (Fsp3) is 0.303. The number of anilines is 2. The molecule has 6 rings (SSSR count). The number of pyridine rings is 1. The van der Waals surface area contributed by atoms with Crippen molar-refractivity contribution in [3.05, 3.63) is 98.0 Å². The van der Waals surface area contributed by atoms with Crippen molar-refractivity contribution in [2.75, 3.05) is 49.1 Å². The normalized spacial score (nSPS) is 15.8. The van der Waals surface area contributed by atoms with E-state index in [0.717, 1.165) is 56.2 Å². The Bertz CT molecular complexity index is 1920. The zero-order chi connectivity index (χ0) is 32.7. The van der Waals surface area contributed by atoms with Crippen LogP contribution in [0.15, 0.2) is 59.5 Å². The standard InChI is InChI=1S/C33H28ClF4N5O3/c34-28-29-24(31(44)25(32(45)46)19-43(29)23-6-3-20(4-7-23)18-40-9-1-2-10-40)16-26(35)30(28)42-13-11-41(12-14-42)27-8-5-22(33(36,37)38)15-21(27)17-39/h3-8,15-16,19H,1-2,9-14,18H2,(H,45,46). The fourth-order valence-corrected chi connectivity index (χ4v) is 6.66. The first-order valence-corrected chi connectivity index (χ1v) is 15.1. The molecule has 0 atom stereocenters. The van der Waals surface area contributed by atoms with Crippen LogP contribution in [0.3, 0.4) is 0 Å². The van der Waals surface area contributed by atoms with Crippen molar-refractivity contribution in [2.24, 2.45) is 0 Å². The summed E-state index contributed by atoms with van der Waals surface area (Å²) >= 11 is 6.89. The van der Waals surface area contributed by atoms with Gasteiger partial charge in [0.2, 0.25) is 5.43 Å². The fourth-order valence-electron chi connectivity index (χ4n) is 6.26. The third-order valence-corrected chi connectivity index (χ3v) is 8.95. The van der Waals surface area contributed by atoms with Gasteiger partial charge >= 0.3 is 12.1 Å². The van der Waals surface area contributed by atoms with Crippen LogP contribution in [0.4, 0.5) is 28.9 Å². The number of carboxylic acid groups (broad SMARTS) is 1. The van der Waals surface area contributed by atoms with Crippen molar-refractivity contribution in [1.29, 1.82) is 5.26 Å². The summed E-state index contributed by atoms with van der Waals surface area (Å²) in [6.07, 6.45) is -1.08. The largest absolute Gasteiger partial charge is 0.477 e. The maximum Gasteiger partial charge on any atom is 0.416 e. The molecule has 1 N–H and O–H groups in total. The predicted molar refractivity (Wildman–Crippen MR) is 167 cm³/mol. The molecule has 4 aromatic rings. The molecular weight excluding hydrogens is 626 g/mol. The first-order valence-electron chi connectivity index (χ1n) is 14.7. The van der Waals surface area contributed by atoms with E-state index < -0.39 is 34.5 Å². The van der Waals surface area contributed by atoms with Crippen molar-refractivity contribution in [3.63, 3.8) is 0 Å². The van der Waals surface area contributed by atoms with Gasteiger partial charge in [0.15, 0.2) is 0 Å². The predicted octanol–water partition coefficient (Wildman–Crippen LogP) is 6.29. The van der Waals surface area contributed by atoms with E-state index in [1.165, 1.54) is 16.8 Å². The highest BCUT2D eigenvalue weighted by Gasteiger charge is 2.32. The first kappa shape index (κ1) is 31.4. The maximum absolute atomic E-state index is 15.8. The van der Waals surface area contributed by atoms with Crippen LogP contribution in [0, 0.1) is 17.1 Å². The first-order chi connectivity index (χ1) is 22.0. The second kappa shape index (κ2) is 12.3. The third kappa shape index (κ3) is 5.88. The minimum absolute atomic E-state index is 0.0172. The number of nitrogens with zero attached hydrogens (tertiary/aromatic N) is 5. The third-order valence-electron chi connectivity index (χ3n) is 8.59. The molecule has 0 unspecified atom stereocenters. The smallest absolute Gasteiger partial charge is 0.416 e. The quantitative estimate of drug-likeness (QED) is 0.245. The molecule has 0 spiro atoms. The van der Waals surface area contributed by atoms with Gasteiger partial charge in [-0.05, 0) is 67.9 Å². The summed E-state index contributed by atoms with van der Waals surface area (Å²) in [5, 5.41) is 19.0. The molecule has 0 amide bonds. The lowest BCUT2D eigenvalue weighted by Gasteiger charge is -2.38. The number of nitriles is 1. The number of likely N-dealkylation sites (tertiary alicyclic amines) is 1. The molecule has 0 saturated carbocycles. The number of halogens is 5. The molecule has 13 heteroatoms. The van der Waals surface area contributed by atoms with Gasteiger partial charge in [0.1, 0.15) is 17.4 Å². The number of hydrogen-bond donors (Lipinski definition) is 1. The van der Waals surface area contributed by atoms with Gasteiger partial charge < -0.3 is 19.5 Å². The van der Waals surface area contributed by atoms with Crippen molar-refractivity contribution in [1.82, 2.24) is 9.47 Å². The molecule has 8 nitrogen and oxygen atoms in total. The number of benzene rings is 3. The molecule has 0 aliphatic carbocycles. The SMILES string of the molecule is N#Cc1cc(C(F)(F)F)ccc1N1CCN(c2c(F)cc3c(=O)c(C(=O)O)cn(-c4ccc(CN5CCCC5)cc4)c3c2Cl)CC1. The van der Waals surface area contributed by atoms with Crippen molar-refractivity contribution >= 4 is 39.8 Å². The number of carbonyl (C=O) groups is 1. The van der Waals surface area contributed by atoms with E-state index in [0.29, 0.717) is 11.4 Å². The Hall–Kier alpha value is -4.60. The van der Waals surface area contributed by atoms with Gasteiger partial charge in [-0.25, -0.2) is 9.18 Å². The van der Waals surface area contributed by atoms with Gasteiger partial charge in [-0.15, -0.1) is 0 Å². The van der Waals surface area contributed by atoms with E-state index in [-0.39, 0.29) is 53.4 Å². The Morgan fingerprint density at radius 1 is 0.957 bits per heavy atom. The molecule has 46 heavy (non-hydrogen) atoms. The zero-order valence-corrected chi connectivity index (χ0v) is 25.2. The molecule has 3 heterocycles. The molecule has 3 aromatic carbocycles. The number of alkyl halides is 3. The van der Waals surface area contributed by atoms with Gasteiger partial charge in [-0.2, -0.15) is 18.4 Å². The molecule has 1 aromatic heterocycles. The van der Waals surface area contributed by atoms with Crippen molar-refractivity contribution < 1.29 is 27.5 Å². The van der Waals surface area contributed by atoms with E-state index in [4.69, 9.17) is 11.6 Å². The molecular formula is C33H28ClF4N5O3. The molecule has 2 saturated heterocycles. The monoisotopic (exact) mass is 653 g/mol. The molecule has 0 radical (unpaired) electrons. The van der Waals surface area contributed by atoms with Crippen LogP contribution < -0.4 is 15.2 Å². The van der Waals surface area contributed by atoms with Crippen LogP contribution in [0.1, 0.15) is 39.9 Å². The van der Waals surface area contributed by atoms with Crippen molar-refractivity contribution in [3.8, 4) is 11.8 Å². The second-order valence-electron chi connectivity index (χ2n) is 11.4. The zero-order valence-electron chi connectivity index (χ0n) is 24.4. The highest BCUT2D eigenvalue weighted by atomic mass is 35.5. The average Bonchev–Trinajstić information content (AvgIpc) is 3.54. The number of piperazine rings is 1. The Balaban J connectivity index is 1.35. The van der Waals surface area contributed by atoms with Gasteiger partial charge in [0.25, 0.3) is 0 Å². The Labute approximate surface area is 266 Å². The molecule has 2 aliphatic rings. The molecule has 238 valence electrons. The number of rotatable bonds is 6. The highest BCUT2D eigenvalue weighted by molar-refractivity contribution is 6.38. The minimum Gasteiger partial charge on any atom is -0.477 e. The van der Waals surface area contributed by atoms with E-state index in [9.17, 15) is 33.1 Å². The maximum atomic E-state index is 15.8. The molecule has 2 fully saturated rings. The van der Waals surface area contributed by atoms with Crippen LogP contribution in [0.25, 0.3) is 16.6 Å². The van der Waals surface area contributed by atoms with Crippen LogP contribution in [0.2, 0.25) is 5.02 Å². The summed E-state index contributed by atoms with van der Waals surface area (Å²) in [7, 11) is 0. The van der Waals surface area contributed by atoms with Crippen molar-refractivity contribution in [2.45, 2.75) is 25.6 Å². The van der Waals surface area contributed by atoms with Gasteiger partial charge in [-0.3, -0.25) is 9.69 Å². The summed E-state index contributed by atoms with van der Waals surface area (Å²) in [5.74, 6) is -2.27. The lowest BCUT2D eigenvalue weighted by molar-refractivity contribution is -0.137. The molecule has 2 aliphatic heterocycles. The summed E-state index contributed by atoms with van der Waals surface area (Å²) in [6, 6.07) is 13.3. The summed E-state index contributed by atoms with van der Waals surface area (Å²) in [5.41, 5.74) is -0.337. The topological polar surface area (TPSA) is 92.8 Å². The van der Waals surface area contributed by atoms with Gasteiger partial charge in [-0.1, -0.05) is 23.7 Å². The Morgan fingerprint density at radius 3 is 2.22 bits per heavy atom. The van der Waals surface area contributed by atoms with Crippen LogP contribution in [-0.4, -0.2) is 59.8 Å². The van der Waals surface area contributed by atoms with Crippen LogP contribution >= 0.6 is 11.6 Å². The number of fused-ring (bicyclic) bond motifs is 1. The van der Waals surface area contributed by atoms with E-state index in [1.807, 2.05) is 18.2 Å². The van der Waals surface area contributed by atoms with Crippen LogP contribution in [0.5, 0.6) is 0 Å². The molecule has 0 bridgehead atoms. The van der Waals surface area contributed by atoms with E-state index >= 15 is 4.39 Å². The lowest BCUT2D eigenvalue weighted by Crippen LogP contribution is -2.47. The number of aromatic nitrogens is 1. The van der Waals surface area contributed by atoms with Crippen LogP contribution in [-0.2, 0) is 12.7 Å². The number of carboxylic acids is 1. The van der Waals surface area contributed by atoms with Gasteiger partial charge in [0.05, 0.1) is 38.4 Å². The highest BCUT2D eigenvalue weighted by Crippen LogP contribution is 2.38. The second-order valence-corrected chi connectivity index (χ2v) is 11.8. The number of aromatic carboxylic acids is 1. The van der Waals surface area contributed by atoms with Gasteiger partial charge in [0, 0.05) is 44.6 Å². The number of hydrogen-bond acceptors (Lipinski definition) is 6. The average molecular weight is 654 g/mol. The van der Waals surface area contributed by atoms with E-state index in [1.54, 1.807) is 21.9 Å². The lowest BCUT2D eigenvalue weighted by atomic mass is 10.1. The van der Waals surface area contributed by atoms with E-state index in [2.05, 4.69) is 4.90 Å². The Kier molecular flexibility index (Phi) is 8.39. The summed E-state index contributed by atoms with van der Waals surface area (Å²) < 4.78 is 56.8.